The molecule has 1 aromatic heterocycles. The predicted molar refractivity (Wildman–Crippen MR) is 81.2 cm³/mol. The molecule has 2 aromatic rings. The quantitative estimate of drug-likeness (QED) is 0.578. The summed E-state index contributed by atoms with van der Waals surface area (Å²) in [5.74, 6) is 0.371. The van der Waals surface area contributed by atoms with Gasteiger partial charge in [-0.25, -0.2) is 4.98 Å². The lowest BCUT2D eigenvalue weighted by molar-refractivity contribution is -0.115. The van der Waals surface area contributed by atoms with Crippen molar-refractivity contribution in [2.45, 2.75) is 11.6 Å². The van der Waals surface area contributed by atoms with E-state index in [0.717, 1.165) is 0 Å². The van der Waals surface area contributed by atoms with Crippen LogP contribution >= 0.6 is 35.0 Å². The maximum Gasteiger partial charge on any atom is 0.225 e. The number of hydrogen-bond acceptors (Lipinski definition) is 5. The van der Waals surface area contributed by atoms with Crippen molar-refractivity contribution in [3.63, 3.8) is 0 Å². The monoisotopic (exact) mass is 331 g/mol. The van der Waals surface area contributed by atoms with E-state index in [0.29, 0.717) is 38.8 Å². The van der Waals surface area contributed by atoms with Crippen LogP contribution in [0.1, 0.15) is 6.42 Å². The normalized spacial score (nSPS) is 10.5. The number of aromatic nitrogens is 3. The minimum absolute atomic E-state index is 0.189. The number of nitrogens with one attached hydrogen (secondary N) is 2. The van der Waals surface area contributed by atoms with Gasteiger partial charge in [0.25, 0.3) is 0 Å². The van der Waals surface area contributed by atoms with Crippen molar-refractivity contribution in [2.24, 2.45) is 0 Å². The average Bonchev–Trinajstić information content (AvgIpc) is 2.87. The number of anilines is 2. The summed E-state index contributed by atoms with van der Waals surface area (Å²) in [4.78, 5) is 15.8. The largest absolute Gasteiger partial charge is 0.399 e. The Morgan fingerprint density at radius 2 is 2.10 bits per heavy atom. The minimum Gasteiger partial charge on any atom is -0.399 e. The molecule has 20 heavy (non-hydrogen) atoms. The van der Waals surface area contributed by atoms with E-state index in [9.17, 15) is 4.79 Å². The number of rotatable bonds is 5. The third kappa shape index (κ3) is 4.03. The van der Waals surface area contributed by atoms with Crippen molar-refractivity contribution in [3.8, 4) is 0 Å². The van der Waals surface area contributed by atoms with E-state index in [1.165, 1.54) is 30.2 Å². The Kier molecular flexibility index (Phi) is 5.11. The molecule has 0 aliphatic carbocycles. The minimum atomic E-state index is -0.189. The van der Waals surface area contributed by atoms with Crippen LogP contribution in [0.2, 0.25) is 10.0 Å². The van der Waals surface area contributed by atoms with E-state index in [1.807, 2.05) is 0 Å². The molecule has 6 nitrogen and oxygen atoms in total. The van der Waals surface area contributed by atoms with Crippen LogP contribution in [0.25, 0.3) is 0 Å². The Morgan fingerprint density at radius 1 is 1.40 bits per heavy atom. The standard InChI is InChI=1S/C11H11Cl2N5OS/c12-7-3-6(14)4-8(13)10(7)17-9(19)1-2-20-11-15-5-16-18-11/h3-5H,1-2,14H2,(H,17,19)(H,15,16,18). The first-order valence-electron chi connectivity index (χ1n) is 5.59. The van der Waals surface area contributed by atoms with E-state index >= 15 is 0 Å². The Bertz CT molecular complexity index is 582. The number of halogens is 2. The van der Waals surface area contributed by atoms with Crippen LogP contribution in [-0.4, -0.2) is 26.8 Å². The lowest BCUT2D eigenvalue weighted by Gasteiger charge is -2.09. The van der Waals surface area contributed by atoms with Gasteiger partial charge in [0.15, 0.2) is 5.16 Å². The number of H-pyrrole nitrogens is 1. The van der Waals surface area contributed by atoms with Gasteiger partial charge in [-0.2, -0.15) is 5.10 Å². The van der Waals surface area contributed by atoms with Crippen molar-refractivity contribution >= 4 is 52.2 Å². The number of nitrogens with two attached hydrogens (primary N) is 1. The SMILES string of the molecule is Nc1cc(Cl)c(NC(=O)CCSc2ncn[nH]2)c(Cl)c1. The van der Waals surface area contributed by atoms with Crippen molar-refractivity contribution in [3.05, 3.63) is 28.5 Å². The van der Waals surface area contributed by atoms with E-state index in [1.54, 1.807) is 0 Å². The van der Waals surface area contributed by atoms with E-state index < -0.39 is 0 Å². The van der Waals surface area contributed by atoms with Crippen LogP contribution in [0.15, 0.2) is 23.6 Å². The zero-order chi connectivity index (χ0) is 14.5. The molecule has 0 fully saturated rings. The summed E-state index contributed by atoms with van der Waals surface area (Å²) in [6, 6.07) is 3.07. The van der Waals surface area contributed by atoms with Gasteiger partial charge in [0.2, 0.25) is 5.91 Å². The van der Waals surface area contributed by atoms with Gasteiger partial charge in [-0.05, 0) is 12.1 Å². The number of carbonyl (C=O) groups is 1. The first-order chi connectivity index (χ1) is 9.56. The molecule has 2 rings (SSSR count). The highest BCUT2D eigenvalue weighted by Gasteiger charge is 2.11. The Balaban J connectivity index is 1.88. The number of benzene rings is 1. The van der Waals surface area contributed by atoms with E-state index in [2.05, 4.69) is 20.5 Å². The van der Waals surface area contributed by atoms with Crippen molar-refractivity contribution in [1.82, 2.24) is 15.2 Å². The summed E-state index contributed by atoms with van der Waals surface area (Å²) in [6.07, 6.45) is 1.71. The van der Waals surface area contributed by atoms with Gasteiger partial charge in [0.05, 0.1) is 15.7 Å². The number of carbonyl (C=O) groups excluding carboxylic acids is 1. The highest BCUT2D eigenvalue weighted by Crippen LogP contribution is 2.32. The average molecular weight is 332 g/mol. The first kappa shape index (κ1) is 15.0. The number of thioether (sulfide) groups is 1. The highest BCUT2D eigenvalue weighted by atomic mass is 35.5. The van der Waals surface area contributed by atoms with Gasteiger partial charge in [0, 0.05) is 17.9 Å². The van der Waals surface area contributed by atoms with Crippen LogP contribution in [0, 0.1) is 0 Å². The second-order valence-electron chi connectivity index (χ2n) is 3.80. The topological polar surface area (TPSA) is 96.7 Å². The summed E-state index contributed by atoms with van der Waals surface area (Å²) >= 11 is 13.4. The molecule has 1 aromatic carbocycles. The van der Waals surface area contributed by atoms with Gasteiger partial charge in [-0.1, -0.05) is 35.0 Å². The summed E-state index contributed by atoms with van der Waals surface area (Å²) in [6.45, 7) is 0. The molecule has 0 aliphatic rings. The molecule has 1 amide bonds. The first-order valence-corrected chi connectivity index (χ1v) is 7.33. The number of aromatic amines is 1. The summed E-state index contributed by atoms with van der Waals surface area (Å²) in [5, 5.41) is 10.4. The lowest BCUT2D eigenvalue weighted by atomic mass is 10.2. The van der Waals surface area contributed by atoms with Gasteiger partial charge in [0.1, 0.15) is 6.33 Å². The smallest absolute Gasteiger partial charge is 0.225 e. The summed E-state index contributed by atoms with van der Waals surface area (Å²) < 4.78 is 0. The maximum atomic E-state index is 11.8. The zero-order valence-electron chi connectivity index (χ0n) is 10.2. The van der Waals surface area contributed by atoms with E-state index in [4.69, 9.17) is 28.9 Å². The molecule has 9 heteroatoms. The van der Waals surface area contributed by atoms with Crippen LogP contribution in [0.4, 0.5) is 11.4 Å². The second-order valence-corrected chi connectivity index (χ2v) is 5.69. The predicted octanol–water partition coefficient (Wildman–Crippen LogP) is 2.81. The number of hydrogen-bond donors (Lipinski definition) is 3. The van der Waals surface area contributed by atoms with E-state index in [-0.39, 0.29) is 5.91 Å². The highest BCUT2D eigenvalue weighted by molar-refractivity contribution is 7.99. The summed E-state index contributed by atoms with van der Waals surface area (Å²) in [5.41, 5.74) is 6.41. The van der Waals surface area contributed by atoms with Crippen LogP contribution in [-0.2, 0) is 4.79 Å². The molecular formula is C11H11Cl2N5OS. The molecule has 0 atom stereocenters. The van der Waals surface area contributed by atoms with Gasteiger partial charge in [-0.15, -0.1) is 0 Å². The number of nitrogens with zero attached hydrogens (tertiary/aromatic N) is 2. The third-order valence-corrected chi connectivity index (χ3v) is 3.76. The molecule has 1 heterocycles. The lowest BCUT2D eigenvalue weighted by Crippen LogP contribution is -2.13. The van der Waals surface area contributed by atoms with Gasteiger partial charge in [-0.3, -0.25) is 9.89 Å². The van der Waals surface area contributed by atoms with Crippen LogP contribution < -0.4 is 11.1 Å². The molecule has 0 aliphatic heterocycles. The molecule has 0 saturated heterocycles. The van der Waals surface area contributed by atoms with Crippen molar-refractivity contribution < 1.29 is 4.79 Å². The Labute approximate surface area is 129 Å². The molecule has 106 valence electrons. The summed E-state index contributed by atoms with van der Waals surface area (Å²) in [7, 11) is 0. The molecule has 0 bridgehead atoms. The maximum absolute atomic E-state index is 11.8. The van der Waals surface area contributed by atoms with Crippen molar-refractivity contribution in [1.29, 1.82) is 0 Å². The van der Waals surface area contributed by atoms with Crippen LogP contribution in [0.5, 0.6) is 0 Å². The van der Waals surface area contributed by atoms with Crippen LogP contribution in [0.3, 0.4) is 0 Å². The Hall–Kier alpha value is -1.44. The number of nitrogen functional groups attached to an aromatic ring is 1. The molecule has 0 saturated carbocycles. The molecule has 0 spiro atoms. The molecule has 0 radical (unpaired) electrons. The molecule has 0 unspecified atom stereocenters. The van der Waals surface area contributed by atoms with Crippen molar-refractivity contribution in [2.75, 3.05) is 16.8 Å². The zero-order valence-corrected chi connectivity index (χ0v) is 12.5. The number of amides is 1. The van der Waals surface area contributed by atoms with Gasteiger partial charge < -0.3 is 11.1 Å². The fourth-order valence-corrected chi connectivity index (χ4v) is 2.74. The second kappa shape index (κ2) is 6.83. The van der Waals surface area contributed by atoms with Gasteiger partial charge >= 0.3 is 0 Å². The third-order valence-electron chi connectivity index (χ3n) is 2.29. The fraction of sp³-hybridized carbons (Fsp3) is 0.182. The Morgan fingerprint density at radius 3 is 2.70 bits per heavy atom. The fourth-order valence-electron chi connectivity index (χ4n) is 1.42. The molecular weight excluding hydrogens is 321 g/mol. The molecule has 4 N–H and O–H groups in total.